The van der Waals surface area contributed by atoms with Crippen molar-refractivity contribution in [2.45, 2.75) is 96.7 Å². The van der Waals surface area contributed by atoms with Crippen LogP contribution in [0.25, 0.3) is 0 Å². The molecule has 1 saturated heterocycles. The zero-order chi connectivity index (χ0) is 17.6. The summed E-state index contributed by atoms with van der Waals surface area (Å²) in [6.45, 7) is 4.42. The molecule has 0 aromatic carbocycles. The number of carbonyl (C=O) groups excluding carboxylic acids is 1. The van der Waals surface area contributed by atoms with Crippen molar-refractivity contribution < 1.29 is 14.6 Å². The van der Waals surface area contributed by atoms with Gasteiger partial charge >= 0.3 is 5.97 Å². The first-order chi connectivity index (χ1) is 11.7. The van der Waals surface area contributed by atoms with Crippen LogP contribution in [0.5, 0.6) is 0 Å². The van der Waals surface area contributed by atoms with Crippen LogP contribution in [0.15, 0.2) is 24.3 Å². The summed E-state index contributed by atoms with van der Waals surface area (Å²) in [4.78, 5) is 11.6. The first-order valence-corrected chi connectivity index (χ1v) is 9.90. The Morgan fingerprint density at radius 3 is 2.17 bits per heavy atom. The molecule has 0 unspecified atom stereocenters. The summed E-state index contributed by atoms with van der Waals surface area (Å²) in [5, 5.41) is 10.0. The quantitative estimate of drug-likeness (QED) is 0.281. The van der Waals surface area contributed by atoms with Gasteiger partial charge in [0.05, 0.1) is 0 Å². The van der Waals surface area contributed by atoms with Gasteiger partial charge in [0.2, 0.25) is 0 Å². The van der Waals surface area contributed by atoms with E-state index in [1.807, 2.05) is 6.08 Å². The number of rotatable bonds is 13. The van der Waals surface area contributed by atoms with Crippen LogP contribution >= 0.6 is 0 Å². The molecule has 1 aliphatic rings. The van der Waals surface area contributed by atoms with Gasteiger partial charge in [-0.2, -0.15) is 0 Å². The van der Waals surface area contributed by atoms with Crippen LogP contribution in [-0.4, -0.2) is 23.3 Å². The van der Waals surface area contributed by atoms with Crippen molar-refractivity contribution in [3.63, 3.8) is 0 Å². The Labute approximate surface area is 148 Å². The molecule has 3 atom stereocenters. The number of cyclic esters (lactones) is 1. The number of carbonyl (C=O) groups is 1. The number of aliphatic hydroxyl groups excluding tert-OH is 1. The molecule has 1 rings (SSSR count). The maximum Gasteiger partial charge on any atom is 0.336 e. The second-order valence-electron chi connectivity index (χ2n) is 6.84. The van der Waals surface area contributed by atoms with E-state index < -0.39 is 12.1 Å². The van der Waals surface area contributed by atoms with Gasteiger partial charge in [-0.3, -0.25) is 0 Å². The highest BCUT2D eigenvalue weighted by molar-refractivity contribution is 5.77. The predicted molar refractivity (Wildman–Crippen MR) is 99.8 cm³/mol. The largest absolute Gasteiger partial charge is 0.456 e. The van der Waals surface area contributed by atoms with Crippen LogP contribution in [0, 0.1) is 5.92 Å². The number of hydrogen-bond donors (Lipinski definition) is 1. The van der Waals surface area contributed by atoms with Gasteiger partial charge in [-0.15, -0.1) is 0 Å². The van der Waals surface area contributed by atoms with E-state index in [9.17, 15) is 9.90 Å². The van der Waals surface area contributed by atoms with Crippen LogP contribution < -0.4 is 0 Å². The topological polar surface area (TPSA) is 46.5 Å². The monoisotopic (exact) mass is 336 g/mol. The van der Waals surface area contributed by atoms with Gasteiger partial charge in [-0.25, -0.2) is 4.79 Å². The van der Waals surface area contributed by atoms with E-state index in [1.54, 1.807) is 0 Å². The standard InChI is InChI=1S/C21H36O3/c1-3-5-7-9-11-12-14-16-18-19(24-21(23)20(18)22)17-15-13-10-8-6-4-2/h12,14-15,17-20,22H,3-11,13,16H2,1-2H3/b14-12-,17-15-/t18-,19+,20-/m0/s1. The van der Waals surface area contributed by atoms with E-state index in [0.29, 0.717) is 6.42 Å². The fourth-order valence-electron chi connectivity index (χ4n) is 3.07. The van der Waals surface area contributed by atoms with Crippen molar-refractivity contribution in [1.29, 1.82) is 0 Å². The smallest absolute Gasteiger partial charge is 0.336 e. The lowest BCUT2D eigenvalue weighted by molar-refractivity contribution is -0.146. The molecule has 24 heavy (non-hydrogen) atoms. The molecule has 0 aromatic rings. The summed E-state index contributed by atoms with van der Waals surface area (Å²) >= 11 is 0. The van der Waals surface area contributed by atoms with Crippen LogP contribution in [0.2, 0.25) is 0 Å². The molecule has 0 saturated carbocycles. The fraction of sp³-hybridized carbons (Fsp3) is 0.762. The van der Waals surface area contributed by atoms with Crippen molar-refractivity contribution in [1.82, 2.24) is 0 Å². The number of allylic oxidation sites excluding steroid dienone is 3. The van der Waals surface area contributed by atoms with E-state index in [0.717, 1.165) is 12.8 Å². The lowest BCUT2D eigenvalue weighted by atomic mass is 9.94. The lowest BCUT2D eigenvalue weighted by Crippen LogP contribution is -2.23. The Morgan fingerprint density at radius 2 is 1.54 bits per heavy atom. The SMILES string of the molecule is CCCCCC/C=C\C[C@@H]1[C@H](O)C(=O)O[C@@H]1/C=C\CCCCCC. The Hall–Kier alpha value is -1.09. The summed E-state index contributed by atoms with van der Waals surface area (Å²) in [6, 6.07) is 0. The second kappa shape index (κ2) is 13.2. The number of hydrogen-bond acceptors (Lipinski definition) is 3. The summed E-state index contributed by atoms with van der Waals surface area (Å²) in [6.07, 6.45) is 19.9. The summed E-state index contributed by atoms with van der Waals surface area (Å²) < 4.78 is 5.31. The van der Waals surface area contributed by atoms with Gasteiger partial charge in [0, 0.05) is 5.92 Å². The lowest BCUT2D eigenvalue weighted by Gasteiger charge is -2.13. The average molecular weight is 337 g/mol. The molecule has 1 aliphatic heterocycles. The first kappa shape index (κ1) is 21.0. The van der Waals surface area contributed by atoms with Gasteiger partial charge in [-0.1, -0.05) is 70.6 Å². The van der Waals surface area contributed by atoms with Crippen LogP contribution in [-0.2, 0) is 9.53 Å². The number of unbranched alkanes of at least 4 members (excludes halogenated alkanes) is 8. The minimum atomic E-state index is -0.982. The molecule has 0 spiro atoms. The summed E-state index contributed by atoms with van der Waals surface area (Å²) in [5.41, 5.74) is 0. The Bertz CT molecular complexity index is 387. The van der Waals surface area contributed by atoms with Gasteiger partial charge in [0.1, 0.15) is 6.10 Å². The maximum atomic E-state index is 11.6. The van der Waals surface area contributed by atoms with Crippen molar-refractivity contribution in [2.24, 2.45) is 5.92 Å². The molecular weight excluding hydrogens is 300 g/mol. The Kier molecular flexibility index (Phi) is 11.5. The third-order valence-corrected chi connectivity index (χ3v) is 4.67. The van der Waals surface area contributed by atoms with Crippen molar-refractivity contribution in [2.75, 3.05) is 0 Å². The van der Waals surface area contributed by atoms with Crippen molar-refractivity contribution in [3.05, 3.63) is 24.3 Å². The number of ether oxygens (including phenoxy) is 1. The van der Waals surface area contributed by atoms with Crippen molar-refractivity contribution >= 4 is 5.97 Å². The van der Waals surface area contributed by atoms with E-state index in [4.69, 9.17) is 4.74 Å². The summed E-state index contributed by atoms with van der Waals surface area (Å²) in [5.74, 6) is -0.617. The van der Waals surface area contributed by atoms with E-state index in [1.165, 1.54) is 51.4 Å². The number of aliphatic hydroxyl groups is 1. The molecule has 1 fully saturated rings. The Balaban J connectivity index is 2.33. The van der Waals surface area contributed by atoms with Gasteiger partial charge in [0.25, 0.3) is 0 Å². The molecule has 0 amide bonds. The van der Waals surface area contributed by atoms with Crippen LogP contribution in [0.1, 0.15) is 84.5 Å². The number of esters is 1. The molecule has 0 bridgehead atoms. The highest BCUT2D eigenvalue weighted by atomic mass is 16.6. The molecule has 0 aliphatic carbocycles. The molecule has 3 nitrogen and oxygen atoms in total. The maximum absolute atomic E-state index is 11.6. The fourth-order valence-corrected chi connectivity index (χ4v) is 3.07. The van der Waals surface area contributed by atoms with E-state index in [-0.39, 0.29) is 12.0 Å². The molecule has 0 aromatic heterocycles. The molecule has 1 N–H and O–H groups in total. The average Bonchev–Trinajstić information content (AvgIpc) is 2.84. The van der Waals surface area contributed by atoms with Crippen LogP contribution in [0.4, 0.5) is 0 Å². The van der Waals surface area contributed by atoms with E-state index in [2.05, 4.69) is 32.1 Å². The second-order valence-corrected chi connectivity index (χ2v) is 6.84. The van der Waals surface area contributed by atoms with E-state index >= 15 is 0 Å². The van der Waals surface area contributed by atoms with Gasteiger partial charge in [-0.05, 0) is 38.2 Å². The molecule has 1 heterocycles. The normalized spacial score (nSPS) is 24.3. The molecule has 138 valence electrons. The van der Waals surface area contributed by atoms with Crippen molar-refractivity contribution in [3.8, 4) is 0 Å². The third-order valence-electron chi connectivity index (χ3n) is 4.67. The molecule has 0 radical (unpaired) electrons. The van der Waals surface area contributed by atoms with Gasteiger partial charge < -0.3 is 9.84 Å². The van der Waals surface area contributed by atoms with Crippen LogP contribution in [0.3, 0.4) is 0 Å². The zero-order valence-corrected chi connectivity index (χ0v) is 15.6. The summed E-state index contributed by atoms with van der Waals surface area (Å²) in [7, 11) is 0. The minimum Gasteiger partial charge on any atom is -0.456 e. The third kappa shape index (κ3) is 8.14. The predicted octanol–water partition coefficient (Wildman–Crippen LogP) is 5.33. The zero-order valence-electron chi connectivity index (χ0n) is 15.6. The van der Waals surface area contributed by atoms with Gasteiger partial charge in [0.15, 0.2) is 6.10 Å². The Morgan fingerprint density at radius 1 is 0.917 bits per heavy atom. The highest BCUT2D eigenvalue weighted by Crippen LogP contribution is 2.27. The highest BCUT2D eigenvalue weighted by Gasteiger charge is 2.41. The minimum absolute atomic E-state index is 0.142. The first-order valence-electron chi connectivity index (χ1n) is 9.90. The molecule has 3 heteroatoms. The molecular formula is C21H36O3.